The van der Waals surface area contributed by atoms with Crippen LogP contribution in [0.4, 0.5) is 0 Å². The predicted octanol–water partition coefficient (Wildman–Crippen LogP) is 3.55. The van der Waals surface area contributed by atoms with E-state index in [0.717, 1.165) is 11.1 Å². The van der Waals surface area contributed by atoms with Crippen LogP contribution in [0.5, 0.6) is 0 Å². The molecule has 1 nitrogen and oxygen atoms in total. The third-order valence-corrected chi connectivity index (χ3v) is 1.77. The summed E-state index contributed by atoms with van der Waals surface area (Å²) in [6, 6.07) is 8.17. The maximum atomic E-state index is 4.43. The van der Waals surface area contributed by atoms with Crippen molar-refractivity contribution in [1.82, 2.24) is 0 Å². The second-order valence-electron chi connectivity index (χ2n) is 4.30. The second kappa shape index (κ2) is 4.23. The minimum Gasteiger partial charge on any atom is -0.287 e. The van der Waals surface area contributed by atoms with Gasteiger partial charge in [0.2, 0.25) is 0 Å². The molecule has 0 bridgehead atoms. The third-order valence-electron chi connectivity index (χ3n) is 1.77. The number of rotatable bonds is 2. The third kappa shape index (κ3) is 3.56. The first kappa shape index (κ1) is 10.7. The summed E-state index contributed by atoms with van der Waals surface area (Å²) in [4.78, 5) is 4.43. The standard InChI is InChI=1S/C13H17N/c1-5-11-6-8-12(9-7-11)10-14-13(2,3)4/h5-10H,1H2,2-4H3. The first-order valence-corrected chi connectivity index (χ1v) is 4.79. The summed E-state index contributed by atoms with van der Waals surface area (Å²) in [5.74, 6) is 0. The van der Waals surface area contributed by atoms with Crippen molar-refractivity contribution in [2.75, 3.05) is 0 Å². The molecule has 0 aliphatic rings. The van der Waals surface area contributed by atoms with Gasteiger partial charge in [-0.15, -0.1) is 0 Å². The highest BCUT2D eigenvalue weighted by molar-refractivity contribution is 5.80. The topological polar surface area (TPSA) is 12.4 Å². The molecule has 0 heterocycles. The largest absolute Gasteiger partial charge is 0.287 e. The van der Waals surface area contributed by atoms with Crippen LogP contribution in [-0.4, -0.2) is 11.8 Å². The molecule has 0 aliphatic carbocycles. The molecule has 0 aromatic heterocycles. The summed E-state index contributed by atoms with van der Waals surface area (Å²) >= 11 is 0. The van der Waals surface area contributed by atoms with Gasteiger partial charge in [0.25, 0.3) is 0 Å². The van der Waals surface area contributed by atoms with Crippen LogP contribution in [0.1, 0.15) is 31.9 Å². The molecule has 14 heavy (non-hydrogen) atoms. The van der Waals surface area contributed by atoms with Crippen LogP contribution in [0.2, 0.25) is 0 Å². The molecule has 0 amide bonds. The zero-order valence-corrected chi connectivity index (χ0v) is 9.12. The predicted molar refractivity (Wildman–Crippen MR) is 63.9 cm³/mol. The Morgan fingerprint density at radius 3 is 2.00 bits per heavy atom. The van der Waals surface area contributed by atoms with Crippen molar-refractivity contribution in [3.05, 3.63) is 42.0 Å². The summed E-state index contributed by atoms with van der Waals surface area (Å²) in [5, 5.41) is 0. The number of hydrogen-bond acceptors (Lipinski definition) is 1. The van der Waals surface area contributed by atoms with Crippen LogP contribution in [0.3, 0.4) is 0 Å². The molecule has 1 heteroatoms. The summed E-state index contributed by atoms with van der Waals surface area (Å²) in [5.41, 5.74) is 2.26. The number of aliphatic imine (C=N–C) groups is 1. The average molecular weight is 187 g/mol. The Hall–Kier alpha value is -1.37. The highest BCUT2D eigenvalue weighted by atomic mass is 14.8. The quantitative estimate of drug-likeness (QED) is 0.628. The monoisotopic (exact) mass is 187 g/mol. The molecular weight excluding hydrogens is 170 g/mol. The maximum Gasteiger partial charge on any atom is 0.0524 e. The van der Waals surface area contributed by atoms with E-state index < -0.39 is 0 Å². The van der Waals surface area contributed by atoms with Crippen molar-refractivity contribution < 1.29 is 0 Å². The molecule has 0 saturated carbocycles. The van der Waals surface area contributed by atoms with E-state index in [1.54, 1.807) is 0 Å². The Kier molecular flexibility index (Phi) is 3.23. The zero-order valence-electron chi connectivity index (χ0n) is 9.12. The van der Waals surface area contributed by atoms with E-state index in [1.807, 2.05) is 36.6 Å². The average Bonchev–Trinajstić information content (AvgIpc) is 2.14. The van der Waals surface area contributed by atoms with Crippen LogP contribution >= 0.6 is 0 Å². The van der Waals surface area contributed by atoms with Gasteiger partial charge in [-0.2, -0.15) is 0 Å². The normalized spacial score (nSPS) is 11.9. The smallest absolute Gasteiger partial charge is 0.0524 e. The van der Waals surface area contributed by atoms with Gasteiger partial charge in [-0.05, 0) is 31.9 Å². The van der Waals surface area contributed by atoms with Gasteiger partial charge in [0, 0.05) is 6.21 Å². The van der Waals surface area contributed by atoms with Crippen LogP contribution < -0.4 is 0 Å². The molecule has 74 valence electrons. The van der Waals surface area contributed by atoms with Crippen LogP contribution in [0.15, 0.2) is 35.8 Å². The summed E-state index contributed by atoms with van der Waals surface area (Å²) in [7, 11) is 0. The molecule has 0 N–H and O–H groups in total. The molecule has 0 spiro atoms. The minimum atomic E-state index is -0.00287. The van der Waals surface area contributed by atoms with Gasteiger partial charge < -0.3 is 0 Å². The van der Waals surface area contributed by atoms with Crippen LogP contribution in [0, 0.1) is 0 Å². The minimum absolute atomic E-state index is 0.00287. The van der Waals surface area contributed by atoms with E-state index in [2.05, 4.69) is 32.3 Å². The van der Waals surface area contributed by atoms with E-state index in [1.165, 1.54) is 0 Å². The van der Waals surface area contributed by atoms with Gasteiger partial charge in [0.05, 0.1) is 5.54 Å². The SMILES string of the molecule is C=Cc1ccc(C=NC(C)(C)C)cc1. The first-order chi connectivity index (χ1) is 6.51. The van der Waals surface area contributed by atoms with Gasteiger partial charge in [0.15, 0.2) is 0 Å². The molecule has 0 unspecified atom stereocenters. The van der Waals surface area contributed by atoms with Crippen molar-refractivity contribution in [1.29, 1.82) is 0 Å². The van der Waals surface area contributed by atoms with Gasteiger partial charge in [-0.1, -0.05) is 36.9 Å². The Morgan fingerprint density at radius 2 is 1.57 bits per heavy atom. The Labute approximate surface area is 86.2 Å². The number of nitrogens with zero attached hydrogens (tertiary/aromatic N) is 1. The molecule has 1 rings (SSSR count). The fourth-order valence-corrected chi connectivity index (χ4v) is 0.986. The van der Waals surface area contributed by atoms with E-state index in [4.69, 9.17) is 0 Å². The Morgan fingerprint density at radius 1 is 1.07 bits per heavy atom. The van der Waals surface area contributed by atoms with E-state index in [0.29, 0.717) is 0 Å². The van der Waals surface area contributed by atoms with Crippen molar-refractivity contribution in [2.45, 2.75) is 26.3 Å². The summed E-state index contributed by atoms with van der Waals surface area (Å²) in [6.45, 7) is 9.97. The first-order valence-electron chi connectivity index (χ1n) is 4.79. The molecule has 0 atom stereocenters. The zero-order chi connectivity index (χ0) is 10.6. The van der Waals surface area contributed by atoms with Crippen molar-refractivity contribution in [3.63, 3.8) is 0 Å². The lowest BCUT2D eigenvalue weighted by Crippen LogP contribution is -2.09. The highest BCUT2D eigenvalue weighted by Crippen LogP contribution is 2.08. The van der Waals surface area contributed by atoms with Gasteiger partial charge >= 0.3 is 0 Å². The lowest BCUT2D eigenvalue weighted by atomic mass is 10.1. The van der Waals surface area contributed by atoms with Gasteiger partial charge in [0.1, 0.15) is 0 Å². The molecule has 1 aromatic carbocycles. The molecular formula is C13H17N. The van der Waals surface area contributed by atoms with Crippen molar-refractivity contribution in [2.24, 2.45) is 4.99 Å². The number of benzene rings is 1. The maximum absolute atomic E-state index is 4.43. The fourth-order valence-electron chi connectivity index (χ4n) is 0.986. The fraction of sp³-hybridized carbons (Fsp3) is 0.308. The molecule has 0 radical (unpaired) electrons. The summed E-state index contributed by atoms with van der Waals surface area (Å²) < 4.78 is 0. The molecule has 0 saturated heterocycles. The Bertz CT molecular complexity index is 325. The summed E-state index contributed by atoms with van der Waals surface area (Å²) in [6.07, 6.45) is 3.75. The number of hydrogen-bond donors (Lipinski definition) is 0. The molecule has 1 aromatic rings. The van der Waals surface area contributed by atoms with Crippen molar-refractivity contribution in [3.8, 4) is 0 Å². The van der Waals surface area contributed by atoms with E-state index in [9.17, 15) is 0 Å². The van der Waals surface area contributed by atoms with Gasteiger partial charge in [-0.25, -0.2) is 0 Å². The van der Waals surface area contributed by atoms with E-state index in [-0.39, 0.29) is 5.54 Å². The van der Waals surface area contributed by atoms with Gasteiger partial charge in [-0.3, -0.25) is 4.99 Å². The van der Waals surface area contributed by atoms with E-state index >= 15 is 0 Å². The molecule has 0 aliphatic heterocycles. The van der Waals surface area contributed by atoms with Crippen LogP contribution in [0.25, 0.3) is 6.08 Å². The highest BCUT2D eigenvalue weighted by Gasteiger charge is 2.04. The van der Waals surface area contributed by atoms with Crippen LogP contribution in [-0.2, 0) is 0 Å². The second-order valence-corrected chi connectivity index (χ2v) is 4.30. The molecule has 0 fully saturated rings. The lowest BCUT2D eigenvalue weighted by molar-refractivity contribution is 0.586. The van der Waals surface area contributed by atoms with Crippen molar-refractivity contribution >= 4 is 12.3 Å². The lowest BCUT2D eigenvalue weighted by Gasteiger charge is -2.10. The Balaban J connectivity index is 2.78.